The smallest absolute Gasteiger partial charge is 0.420 e. The number of rotatable bonds is 16. The zero-order chi connectivity index (χ0) is 82.5. The Morgan fingerprint density at radius 3 is 1.03 bits per heavy atom. The summed E-state index contributed by atoms with van der Waals surface area (Å²) in [6.45, 7) is 13.7. The minimum absolute atomic E-state index is 0.00813. The average molecular weight is 1620 g/mol. The van der Waals surface area contributed by atoms with Crippen LogP contribution in [0.2, 0.25) is 0 Å². The number of hydrogen-bond acceptors (Lipinski definition) is 11. The quantitative estimate of drug-likeness (QED) is 0.0537. The lowest BCUT2D eigenvalue weighted by Gasteiger charge is -2.51. The number of carboxylic acid groups (broad SMARTS) is 1. The summed E-state index contributed by atoms with van der Waals surface area (Å²) >= 11 is 0. The second-order valence-corrected chi connectivity index (χ2v) is 34.4. The van der Waals surface area contributed by atoms with Crippen LogP contribution in [0.4, 0.5) is 52.7 Å². The van der Waals surface area contributed by atoms with E-state index in [2.05, 4.69) is 32.6 Å². The van der Waals surface area contributed by atoms with E-state index in [0.29, 0.717) is 75.5 Å². The van der Waals surface area contributed by atoms with Gasteiger partial charge >= 0.3 is 30.7 Å². The number of carbonyl (C=O) groups excluding carboxylic acids is 1. The molecule has 8 aromatic rings. The van der Waals surface area contributed by atoms with Crippen molar-refractivity contribution >= 4 is 65.5 Å². The Morgan fingerprint density at radius 2 is 0.719 bits per heavy atom. The first-order valence-electron chi connectivity index (χ1n) is 39.9. The minimum atomic E-state index is -4.61. The first-order chi connectivity index (χ1) is 53.7. The van der Waals surface area contributed by atoms with Crippen LogP contribution in [0.5, 0.6) is 23.0 Å². The van der Waals surface area contributed by atoms with Gasteiger partial charge in [-0.2, -0.15) is 61.1 Å². The van der Waals surface area contributed by atoms with Crippen LogP contribution in [-0.4, -0.2) is 78.5 Å². The van der Waals surface area contributed by atoms with E-state index < -0.39 is 75.3 Å². The molecule has 0 spiro atoms. The highest BCUT2D eigenvalue weighted by Crippen LogP contribution is 2.50. The molecule has 620 valence electrons. The molecule has 0 amide bonds. The maximum atomic E-state index is 14.4. The van der Waals surface area contributed by atoms with Crippen LogP contribution in [0.15, 0.2) is 121 Å². The molecule has 6 aliphatic rings. The van der Waals surface area contributed by atoms with Crippen molar-refractivity contribution in [1.29, 1.82) is 0 Å². The second kappa shape index (κ2) is 36.3. The number of aldehydes is 1. The summed E-state index contributed by atoms with van der Waals surface area (Å²) in [5, 5.41) is 21.4. The number of nitrogens with zero attached hydrogens (tertiary/aromatic N) is 1. The lowest BCUT2D eigenvalue weighted by atomic mass is 9.77. The van der Waals surface area contributed by atoms with Crippen molar-refractivity contribution < 1.29 is 104 Å². The summed E-state index contributed by atoms with van der Waals surface area (Å²) in [5.74, 6) is 0.780. The third-order valence-electron chi connectivity index (χ3n) is 23.9. The van der Waals surface area contributed by atoms with Gasteiger partial charge in [0.05, 0.1) is 48.8 Å². The van der Waals surface area contributed by atoms with Gasteiger partial charge in [0, 0.05) is 23.7 Å². The van der Waals surface area contributed by atoms with Gasteiger partial charge in [-0.3, -0.25) is 18.7 Å². The number of halogens is 12. The Bertz CT molecular complexity index is 4750. The van der Waals surface area contributed by atoms with E-state index in [0.717, 1.165) is 134 Å². The number of fused-ring (bicyclic) bond motifs is 6. The van der Waals surface area contributed by atoms with Crippen LogP contribution in [0.3, 0.4) is 0 Å². The Morgan fingerprint density at radius 1 is 0.430 bits per heavy atom. The van der Waals surface area contributed by atoms with E-state index in [4.69, 9.17) is 23.1 Å². The van der Waals surface area contributed by atoms with Crippen molar-refractivity contribution in [3.05, 3.63) is 166 Å². The van der Waals surface area contributed by atoms with Gasteiger partial charge in [0.2, 0.25) is 0 Å². The first kappa shape index (κ1) is 87.0. The molecule has 2 N–H and O–H groups in total. The zero-order valence-electron chi connectivity index (χ0n) is 65.5. The molecule has 25 heteroatoms. The summed E-state index contributed by atoms with van der Waals surface area (Å²) in [4.78, 5) is 25.0. The van der Waals surface area contributed by atoms with Gasteiger partial charge in [-0.05, 0) is 281 Å². The highest BCUT2D eigenvalue weighted by atomic mass is 32.2. The molecule has 2 saturated heterocycles. The van der Waals surface area contributed by atoms with Gasteiger partial charge < -0.3 is 29.2 Å². The number of aliphatic carboxylic acids is 1. The fourth-order valence-corrected chi connectivity index (χ4v) is 18.2. The molecule has 5 atom stereocenters. The normalized spacial score (nSPS) is 24.7. The van der Waals surface area contributed by atoms with E-state index in [9.17, 15) is 80.9 Å². The lowest BCUT2D eigenvalue weighted by molar-refractivity contribution is -0.147. The van der Waals surface area contributed by atoms with Gasteiger partial charge in [-0.25, -0.2) is 0 Å². The van der Waals surface area contributed by atoms with Crippen molar-refractivity contribution in [2.24, 2.45) is 29.6 Å². The molecular formula is C89H103F12NO11S. The predicted octanol–water partition coefficient (Wildman–Crippen LogP) is 24.9. The first-order valence-corrected chi connectivity index (χ1v) is 41.7. The number of alkyl halides is 12. The number of carbonyl (C=O) groups is 2. The van der Waals surface area contributed by atoms with Crippen LogP contribution in [-0.2, 0) is 43.8 Å². The molecule has 2 aliphatic heterocycles. The summed E-state index contributed by atoms with van der Waals surface area (Å²) in [7, 11) is -3.74. The van der Waals surface area contributed by atoms with Crippen LogP contribution in [0.1, 0.15) is 251 Å². The van der Waals surface area contributed by atoms with Crippen molar-refractivity contribution in [1.82, 2.24) is 4.90 Å². The number of aliphatic hydroxyl groups excluding tert-OH is 1. The summed E-state index contributed by atoms with van der Waals surface area (Å²) in [6.07, 6.45) is -1.27. The molecule has 2 bridgehead atoms. The molecule has 114 heavy (non-hydrogen) atoms. The highest BCUT2D eigenvalue weighted by molar-refractivity contribution is 7.86. The van der Waals surface area contributed by atoms with Gasteiger partial charge in [0.15, 0.2) is 0 Å². The Balaban J connectivity index is 0.000000152. The predicted molar refractivity (Wildman–Crippen MR) is 416 cm³/mol. The summed E-state index contributed by atoms with van der Waals surface area (Å²) in [5.41, 5.74) is -1.19. The third kappa shape index (κ3) is 21.9. The Hall–Kier alpha value is -7.87. The van der Waals surface area contributed by atoms with Crippen LogP contribution >= 0.6 is 0 Å². The number of ether oxygens (including phenoxy) is 4. The van der Waals surface area contributed by atoms with Crippen LogP contribution in [0, 0.1) is 29.6 Å². The van der Waals surface area contributed by atoms with Crippen molar-refractivity contribution in [3.8, 4) is 23.0 Å². The minimum Gasteiger partial charge on any atom is -0.490 e. The lowest BCUT2D eigenvalue weighted by Crippen LogP contribution is -2.53. The van der Waals surface area contributed by atoms with Crippen LogP contribution < -0.4 is 18.9 Å². The molecule has 5 unspecified atom stereocenters. The van der Waals surface area contributed by atoms with E-state index in [1.165, 1.54) is 74.5 Å². The number of piperidine rings is 2. The summed E-state index contributed by atoms with van der Waals surface area (Å²) in [6, 6.07) is 31.3. The average Bonchev–Trinajstić information content (AvgIpc) is 0.788. The van der Waals surface area contributed by atoms with Gasteiger partial charge in [0.25, 0.3) is 10.1 Å². The largest absolute Gasteiger partial charge is 0.490 e. The Labute approximate surface area is 658 Å². The molecule has 4 saturated carbocycles. The van der Waals surface area contributed by atoms with Crippen molar-refractivity contribution in [2.45, 2.75) is 263 Å². The van der Waals surface area contributed by atoms with E-state index in [1.54, 1.807) is 54.6 Å². The molecular weight excluding hydrogens is 1520 g/mol. The van der Waals surface area contributed by atoms with E-state index in [1.807, 2.05) is 13.0 Å². The zero-order valence-corrected chi connectivity index (χ0v) is 66.3. The van der Waals surface area contributed by atoms with E-state index in [-0.39, 0.29) is 98.6 Å². The second-order valence-electron chi connectivity index (χ2n) is 32.8. The molecule has 0 aromatic heterocycles. The third-order valence-corrected chi connectivity index (χ3v) is 24.5. The topological polar surface area (TPSA) is 158 Å². The molecule has 0 radical (unpaired) electrons. The molecule has 12 nitrogen and oxygen atoms in total. The number of hydrogen-bond donors (Lipinski definition) is 2. The standard InChI is InChI=1S/C29H36F3NO3.C21H25F3O4S.C20H23F3O2.C19H19F3O2/c1-17-6-11-24(12-7-17)36-26-13-10-19-8-9-20(16-25(19)27(26)29(30,31)32)18(2)33-22-4-3-5-23(33)15-21(14-22)28(34)35;1-13-4-9-17(10-5-13)27-19-11-8-15-6-7-16(14(2)28-29(3,25)26)12-18(15)20(19)21(22,23)24;1-12-3-8-16(9-4-12)25-18-10-7-14-5-6-15(13(2)24)11-17(14)19(18)20(21,22)23;1-12-2-7-15(8-3-12)24-17-9-6-14-5-4-13(11-23)10-16(14)18(17)19(20,21)22/h8-10,13,16-18,21-24H,3-7,11-12,14-15H2,1-2H3,(H,34,35);6-8,11-14,17H,4-5,9-10H2,1-3H3;5-7,10-13,16,24H,3-4,8-9H2,1-2H3;4-6,9-12,15H,2-3,7-8H2,1H3. The number of benzene rings is 8. The van der Waals surface area contributed by atoms with Gasteiger partial charge in [-0.1, -0.05) is 107 Å². The van der Waals surface area contributed by atoms with Crippen molar-refractivity contribution in [2.75, 3.05) is 6.26 Å². The van der Waals surface area contributed by atoms with Crippen LogP contribution in [0.25, 0.3) is 43.1 Å². The van der Waals surface area contributed by atoms with E-state index >= 15 is 0 Å². The van der Waals surface area contributed by atoms with Crippen molar-refractivity contribution in [3.63, 3.8) is 0 Å². The fourth-order valence-electron chi connectivity index (χ4n) is 17.5. The summed E-state index contributed by atoms with van der Waals surface area (Å²) < 4.78 is 219. The fraction of sp³-hybridized carbons (Fsp3) is 0.528. The maximum Gasteiger partial charge on any atom is 0.420 e. The molecule has 8 aromatic carbocycles. The highest BCUT2D eigenvalue weighted by Gasteiger charge is 2.45. The number of aliphatic hydroxyl groups is 1. The molecule has 14 rings (SSSR count). The number of carboxylic acids is 1. The monoisotopic (exact) mass is 1620 g/mol. The maximum absolute atomic E-state index is 14.4. The molecule has 4 aliphatic carbocycles. The SMILES string of the molecule is CC1CCC(Oc2ccc3ccc(C(C)N4C5CCCC4CC(C(=O)O)C5)cc3c2C(F)(F)F)CC1.CC1CCC(Oc2ccc3ccc(C(C)O)cc3c2C(F)(F)F)CC1.CC1CCC(Oc2ccc3ccc(C(C)OS(C)(=O)=O)cc3c2C(F)(F)F)CC1.CC1CCC(Oc2ccc3ccc(C=O)cc3c2C(F)(F)F)CC1. The van der Waals surface area contributed by atoms with Gasteiger partial charge in [-0.15, -0.1) is 0 Å². The Kier molecular flexibility index (Phi) is 27.7. The molecule has 6 fully saturated rings. The molecule has 2 heterocycles. The van der Waals surface area contributed by atoms with Gasteiger partial charge in [0.1, 0.15) is 51.5 Å².